The highest BCUT2D eigenvalue weighted by Crippen LogP contribution is 2.28. The van der Waals surface area contributed by atoms with Gasteiger partial charge >= 0.3 is 0 Å². The lowest BCUT2D eigenvalue weighted by Gasteiger charge is -2.36. The Morgan fingerprint density at radius 1 is 1.12 bits per heavy atom. The Balaban J connectivity index is 1.15. The third-order valence-corrected chi connectivity index (χ3v) is 5.96. The van der Waals surface area contributed by atoms with Crippen molar-refractivity contribution in [2.45, 2.75) is 12.8 Å². The van der Waals surface area contributed by atoms with Crippen molar-refractivity contribution in [2.75, 3.05) is 57.9 Å². The first kappa shape index (κ1) is 22.1. The normalized spacial score (nSPS) is 16.1. The third-order valence-electron chi connectivity index (χ3n) is 5.96. The zero-order chi connectivity index (χ0) is 22.3. The third kappa shape index (κ3) is 5.40. The van der Waals surface area contributed by atoms with Gasteiger partial charge in [-0.1, -0.05) is 12.1 Å². The summed E-state index contributed by atoms with van der Waals surface area (Å²) in [5.41, 5.74) is 2.29. The molecular formula is C25H30FN3O3. The standard InChI is InChI=1S/C25H30FN3O3/c1-31-24-7-3-2-6-22(24)29-14-12-28(13-15-29)11-5-4-10-27-25(30)20-16-19-17-21(26)8-9-23(19)32-18-20/h2-3,6-9,16-17H,4-5,10-15,18H2,1H3,(H,27,30). The number of para-hydroxylation sites is 2. The van der Waals surface area contributed by atoms with E-state index in [9.17, 15) is 9.18 Å². The van der Waals surface area contributed by atoms with Crippen LogP contribution in [0.5, 0.6) is 11.5 Å². The largest absolute Gasteiger partial charge is 0.495 e. The van der Waals surface area contributed by atoms with Crippen molar-refractivity contribution in [3.8, 4) is 11.5 Å². The van der Waals surface area contributed by atoms with Crippen molar-refractivity contribution in [3.63, 3.8) is 0 Å². The molecule has 1 fully saturated rings. The number of hydrogen-bond acceptors (Lipinski definition) is 5. The lowest BCUT2D eigenvalue weighted by molar-refractivity contribution is -0.117. The molecule has 0 saturated carbocycles. The molecule has 1 N–H and O–H groups in total. The van der Waals surface area contributed by atoms with E-state index in [4.69, 9.17) is 9.47 Å². The van der Waals surface area contributed by atoms with E-state index >= 15 is 0 Å². The van der Waals surface area contributed by atoms with Gasteiger partial charge in [-0.25, -0.2) is 4.39 Å². The topological polar surface area (TPSA) is 54.0 Å². The molecule has 170 valence electrons. The predicted molar refractivity (Wildman–Crippen MR) is 124 cm³/mol. The molecule has 0 radical (unpaired) electrons. The van der Waals surface area contributed by atoms with Crippen LogP contribution >= 0.6 is 0 Å². The molecule has 4 rings (SSSR count). The van der Waals surface area contributed by atoms with Crippen LogP contribution in [0.3, 0.4) is 0 Å². The van der Waals surface area contributed by atoms with Crippen LogP contribution in [0.15, 0.2) is 48.0 Å². The van der Waals surface area contributed by atoms with Crippen molar-refractivity contribution in [2.24, 2.45) is 0 Å². The molecule has 0 bridgehead atoms. The number of nitrogens with one attached hydrogen (secondary N) is 1. The van der Waals surface area contributed by atoms with E-state index in [1.54, 1.807) is 19.3 Å². The Morgan fingerprint density at radius 2 is 1.94 bits per heavy atom. The molecule has 2 aromatic carbocycles. The van der Waals surface area contributed by atoms with E-state index in [1.165, 1.54) is 12.1 Å². The highest BCUT2D eigenvalue weighted by atomic mass is 19.1. The quantitative estimate of drug-likeness (QED) is 0.640. The van der Waals surface area contributed by atoms with Crippen molar-refractivity contribution in [3.05, 3.63) is 59.4 Å². The minimum Gasteiger partial charge on any atom is -0.495 e. The van der Waals surface area contributed by atoms with E-state index in [1.807, 2.05) is 18.2 Å². The second-order valence-corrected chi connectivity index (χ2v) is 8.10. The second kappa shape index (κ2) is 10.5. The molecule has 1 saturated heterocycles. The van der Waals surface area contributed by atoms with Gasteiger partial charge in [-0.2, -0.15) is 0 Å². The smallest absolute Gasteiger partial charge is 0.250 e. The molecule has 7 heteroatoms. The first-order valence-electron chi connectivity index (χ1n) is 11.2. The fourth-order valence-corrected chi connectivity index (χ4v) is 4.16. The second-order valence-electron chi connectivity index (χ2n) is 8.10. The average molecular weight is 440 g/mol. The van der Waals surface area contributed by atoms with Crippen LogP contribution in [-0.4, -0.2) is 63.8 Å². The summed E-state index contributed by atoms with van der Waals surface area (Å²) in [6.45, 7) is 5.85. The number of anilines is 1. The summed E-state index contributed by atoms with van der Waals surface area (Å²) < 4.78 is 24.5. The maximum Gasteiger partial charge on any atom is 0.250 e. The number of rotatable bonds is 8. The van der Waals surface area contributed by atoms with Crippen LogP contribution < -0.4 is 19.7 Å². The fourth-order valence-electron chi connectivity index (χ4n) is 4.16. The van der Waals surface area contributed by atoms with E-state index < -0.39 is 0 Å². The van der Waals surface area contributed by atoms with Gasteiger partial charge in [0.15, 0.2) is 0 Å². The van der Waals surface area contributed by atoms with Gasteiger partial charge in [-0.15, -0.1) is 0 Å². The number of unbranched alkanes of at least 4 members (excludes halogenated alkanes) is 1. The highest BCUT2D eigenvalue weighted by molar-refractivity contribution is 5.99. The van der Waals surface area contributed by atoms with Crippen molar-refractivity contribution in [1.82, 2.24) is 10.2 Å². The van der Waals surface area contributed by atoms with Crippen LogP contribution in [0.2, 0.25) is 0 Å². The molecule has 32 heavy (non-hydrogen) atoms. The summed E-state index contributed by atoms with van der Waals surface area (Å²) in [5.74, 6) is 1.04. The van der Waals surface area contributed by atoms with Crippen LogP contribution in [0.25, 0.3) is 6.08 Å². The highest BCUT2D eigenvalue weighted by Gasteiger charge is 2.20. The number of carbonyl (C=O) groups excluding carboxylic acids is 1. The summed E-state index contributed by atoms with van der Waals surface area (Å²) in [5, 5.41) is 2.96. The van der Waals surface area contributed by atoms with Gasteiger partial charge < -0.3 is 19.7 Å². The zero-order valence-corrected chi connectivity index (χ0v) is 18.5. The number of ether oxygens (including phenoxy) is 2. The Bertz CT molecular complexity index is 971. The molecular weight excluding hydrogens is 409 g/mol. The molecule has 2 heterocycles. The summed E-state index contributed by atoms with van der Waals surface area (Å²) in [6, 6.07) is 12.5. The molecule has 0 aliphatic carbocycles. The Hall–Kier alpha value is -3.06. The van der Waals surface area contributed by atoms with Gasteiger partial charge in [0.05, 0.1) is 18.4 Å². The minimum absolute atomic E-state index is 0.148. The van der Waals surface area contributed by atoms with E-state index in [0.29, 0.717) is 23.4 Å². The Morgan fingerprint density at radius 3 is 2.75 bits per heavy atom. The summed E-state index contributed by atoms with van der Waals surface area (Å²) >= 11 is 0. The number of fused-ring (bicyclic) bond motifs is 1. The lowest BCUT2D eigenvalue weighted by atomic mass is 10.1. The SMILES string of the molecule is COc1ccccc1N1CCN(CCCCNC(=O)C2=Cc3cc(F)ccc3OC2)CC1. The number of carbonyl (C=O) groups is 1. The number of halogens is 1. The Kier molecular flexibility index (Phi) is 7.27. The molecule has 0 aromatic heterocycles. The summed E-state index contributed by atoms with van der Waals surface area (Å²) in [4.78, 5) is 17.2. The zero-order valence-electron chi connectivity index (χ0n) is 18.5. The maximum absolute atomic E-state index is 13.4. The number of piperazine rings is 1. The van der Waals surface area contributed by atoms with E-state index in [-0.39, 0.29) is 18.3 Å². The first-order valence-corrected chi connectivity index (χ1v) is 11.2. The fraction of sp³-hybridized carbons (Fsp3) is 0.400. The van der Waals surface area contributed by atoms with E-state index in [2.05, 4.69) is 21.2 Å². The molecule has 2 aliphatic rings. The lowest BCUT2D eigenvalue weighted by Crippen LogP contribution is -2.46. The van der Waals surface area contributed by atoms with Gasteiger partial charge in [0, 0.05) is 38.3 Å². The van der Waals surface area contributed by atoms with Gasteiger partial charge in [-0.05, 0) is 55.8 Å². The number of hydrogen-bond donors (Lipinski definition) is 1. The van der Waals surface area contributed by atoms with Crippen LogP contribution in [-0.2, 0) is 4.79 Å². The van der Waals surface area contributed by atoms with Crippen LogP contribution in [0.1, 0.15) is 18.4 Å². The number of nitrogens with zero attached hydrogens (tertiary/aromatic N) is 2. The van der Waals surface area contributed by atoms with Gasteiger partial charge in [-0.3, -0.25) is 9.69 Å². The number of methoxy groups -OCH3 is 1. The molecule has 0 atom stereocenters. The van der Waals surface area contributed by atoms with Gasteiger partial charge in [0.1, 0.15) is 23.9 Å². The van der Waals surface area contributed by atoms with Crippen molar-refractivity contribution < 1.29 is 18.7 Å². The molecule has 2 aliphatic heterocycles. The van der Waals surface area contributed by atoms with Gasteiger partial charge in [0.25, 0.3) is 5.91 Å². The Labute approximate surface area is 188 Å². The average Bonchev–Trinajstić information content (AvgIpc) is 2.83. The first-order chi connectivity index (χ1) is 15.6. The van der Waals surface area contributed by atoms with Gasteiger partial charge in [0.2, 0.25) is 0 Å². The maximum atomic E-state index is 13.4. The number of amides is 1. The summed E-state index contributed by atoms with van der Waals surface area (Å²) in [7, 11) is 1.71. The van der Waals surface area contributed by atoms with Crippen LogP contribution in [0.4, 0.5) is 10.1 Å². The molecule has 0 unspecified atom stereocenters. The van der Waals surface area contributed by atoms with Crippen molar-refractivity contribution in [1.29, 1.82) is 0 Å². The molecule has 0 spiro atoms. The minimum atomic E-state index is -0.339. The monoisotopic (exact) mass is 439 g/mol. The molecule has 2 aromatic rings. The molecule has 1 amide bonds. The number of benzene rings is 2. The predicted octanol–water partition coefficient (Wildman–Crippen LogP) is 3.33. The van der Waals surface area contributed by atoms with E-state index in [0.717, 1.165) is 57.0 Å². The summed E-state index contributed by atoms with van der Waals surface area (Å²) in [6.07, 6.45) is 3.65. The molecule has 6 nitrogen and oxygen atoms in total. The van der Waals surface area contributed by atoms with Crippen molar-refractivity contribution >= 4 is 17.7 Å². The van der Waals surface area contributed by atoms with Crippen LogP contribution in [0, 0.1) is 5.82 Å².